The minimum atomic E-state index is -0.573. The van der Waals surface area contributed by atoms with Crippen LogP contribution in [0.2, 0.25) is 0 Å². The summed E-state index contributed by atoms with van der Waals surface area (Å²) >= 11 is 1.39. The van der Waals surface area contributed by atoms with Gasteiger partial charge in [-0.1, -0.05) is 44.2 Å². The molecule has 1 aromatic carbocycles. The van der Waals surface area contributed by atoms with Crippen LogP contribution < -0.4 is 31.1 Å². The second kappa shape index (κ2) is 28.1. The van der Waals surface area contributed by atoms with Crippen molar-refractivity contribution in [1.29, 1.82) is 0 Å². The zero-order valence-electron chi connectivity index (χ0n) is 46.3. The van der Waals surface area contributed by atoms with Crippen LogP contribution in [0.3, 0.4) is 0 Å². The topological polar surface area (TPSA) is 242 Å². The molecule has 21 nitrogen and oxygen atoms in total. The van der Waals surface area contributed by atoms with Crippen molar-refractivity contribution in [3.8, 4) is 5.75 Å². The van der Waals surface area contributed by atoms with E-state index in [1.165, 1.54) is 18.3 Å². The molecule has 428 valence electrons. The molecule has 4 aliphatic rings. The fraction of sp³-hybridized carbons (Fsp3) is 0.552. The van der Waals surface area contributed by atoms with Crippen molar-refractivity contribution in [2.75, 3.05) is 103 Å². The molecule has 80 heavy (non-hydrogen) atoms. The van der Waals surface area contributed by atoms with Crippen LogP contribution in [0.25, 0.3) is 11.0 Å². The molecular weight excluding hydrogens is 1040 g/mol. The number of ether oxygens (including phenoxy) is 4. The average molecular weight is 1120 g/mol. The van der Waals surface area contributed by atoms with Gasteiger partial charge in [-0.2, -0.15) is 4.98 Å². The first-order chi connectivity index (χ1) is 39.0. The normalized spacial score (nSPS) is 17.5. The number of aryl methyl sites for hydroxylation is 1. The number of carbonyl (C=O) groups is 5. The summed E-state index contributed by atoms with van der Waals surface area (Å²) in [4.78, 5) is 104. The third-order valence-electron chi connectivity index (χ3n) is 15.6. The molecule has 0 spiro atoms. The summed E-state index contributed by atoms with van der Waals surface area (Å²) in [6, 6.07) is 9.98. The molecule has 22 heteroatoms. The van der Waals surface area contributed by atoms with Crippen LogP contribution in [-0.2, 0) is 28.6 Å². The number of ketones is 2. The predicted octanol–water partition coefficient (Wildman–Crippen LogP) is 6.36. The van der Waals surface area contributed by atoms with Gasteiger partial charge in [-0.3, -0.25) is 33.3 Å². The smallest absolute Gasteiger partial charge is 0.263 e. The van der Waals surface area contributed by atoms with Crippen LogP contribution in [0, 0.1) is 12.8 Å². The number of Topliss-reactive ketones (excluding diaryl/α,β-unsaturated/α-hetero) is 1. The summed E-state index contributed by atoms with van der Waals surface area (Å²) in [5.74, 6) is 0.801. The van der Waals surface area contributed by atoms with E-state index in [0.717, 1.165) is 81.3 Å². The number of anilines is 3. The number of rotatable bonds is 26. The van der Waals surface area contributed by atoms with Crippen LogP contribution in [0.4, 0.5) is 17.5 Å². The summed E-state index contributed by atoms with van der Waals surface area (Å²) in [7, 11) is 1.71. The van der Waals surface area contributed by atoms with E-state index in [0.29, 0.717) is 118 Å². The molecule has 5 aromatic rings. The van der Waals surface area contributed by atoms with Crippen LogP contribution in [0.15, 0.2) is 59.0 Å². The Labute approximate surface area is 470 Å². The highest BCUT2D eigenvalue weighted by atomic mass is 32.1. The number of nitrogens with zero attached hydrogens (tertiary/aromatic N) is 8. The van der Waals surface area contributed by atoms with Gasteiger partial charge in [0, 0.05) is 61.3 Å². The van der Waals surface area contributed by atoms with Crippen LogP contribution >= 0.6 is 11.3 Å². The maximum absolute atomic E-state index is 14.1. The Bertz CT molecular complexity index is 3010. The summed E-state index contributed by atoms with van der Waals surface area (Å²) in [6.07, 6.45) is 14.2. The van der Waals surface area contributed by atoms with E-state index < -0.39 is 6.04 Å². The van der Waals surface area contributed by atoms with E-state index in [1.807, 2.05) is 21.9 Å². The fourth-order valence-electron chi connectivity index (χ4n) is 11.5. The van der Waals surface area contributed by atoms with Crippen molar-refractivity contribution >= 4 is 69.1 Å². The predicted molar refractivity (Wildman–Crippen MR) is 303 cm³/mol. The largest absolute Gasteiger partial charge is 0.491 e. The number of hydrogen-bond acceptors (Lipinski definition) is 18. The highest BCUT2D eigenvalue weighted by Gasteiger charge is 2.40. The Morgan fingerprint density at radius 3 is 2.23 bits per heavy atom. The van der Waals surface area contributed by atoms with Crippen molar-refractivity contribution in [3.05, 3.63) is 91.9 Å². The summed E-state index contributed by atoms with van der Waals surface area (Å²) in [5.41, 5.74) is 2.72. The third-order valence-corrected chi connectivity index (χ3v) is 16.6. The molecule has 2 aliphatic carbocycles. The molecule has 0 radical (unpaired) electrons. The van der Waals surface area contributed by atoms with Gasteiger partial charge in [0.05, 0.1) is 76.1 Å². The fourth-order valence-corrected chi connectivity index (χ4v) is 12.4. The van der Waals surface area contributed by atoms with Crippen LogP contribution in [0.1, 0.15) is 133 Å². The lowest BCUT2D eigenvalue weighted by atomic mass is 9.83. The Kier molecular flexibility index (Phi) is 20.4. The van der Waals surface area contributed by atoms with E-state index in [-0.39, 0.29) is 78.0 Å². The number of thiazole rings is 1. The first-order valence-corrected chi connectivity index (χ1v) is 29.2. The van der Waals surface area contributed by atoms with Crippen molar-refractivity contribution < 1.29 is 42.9 Å². The minimum Gasteiger partial charge on any atom is -0.491 e. The lowest BCUT2D eigenvalue weighted by Gasteiger charge is -2.36. The van der Waals surface area contributed by atoms with E-state index >= 15 is 0 Å². The second-order valence-corrected chi connectivity index (χ2v) is 21.9. The van der Waals surface area contributed by atoms with Gasteiger partial charge in [-0.05, 0) is 95.2 Å². The standard InChI is InChI=1S/C58H75N11O10S/c1-38-45-35-61-58(65-54(45)69(42-14-7-8-15-42)56(74)51(38)39(2)70)63-48-19-18-43(34-60-48)66-22-24-67(25-23-66)50(72)20-26-76-27-28-77-29-30-78-31-32-79-44-16-9-13-41(33-44)53(73)46-37-80-55(62-46)47-17-10-21-68(47)57(75)52(64-49(71)36-59-3)40-11-5-4-6-12-40/h9,13,16,18-19,33-35,37,40,42,47,52,59H,4-8,10-12,14-15,17,20-32,36H2,1-3H3,(H,64,71)(H,60,61,63,65)/t47-,52-/m0/s1. The van der Waals surface area contributed by atoms with Crippen molar-refractivity contribution in [2.45, 2.75) is 109 Å². The molecule has 6 heterocycles. The van der Waals surface area contributed by atoms with Gasteiger partial charge in [-0.15, -0.1) is 11.3 Å². The highest BCUT2D eigenvalue weighted by molar-refractivity contribution is 7.10. The minimum absolute atomic E-state index is 0.0130. The number of amides is 3. The molecule has 0 bridgehead atoms. The second-order valence-electron chi connectivity index (χ2n) is 21.0. The van der Waals surface area contributed by atoms with Gasteiger partial charge >= 0.3 is 0 Å². The number of fused-ring (bicyclic) bond motifs is 1. The number of nitrogens with one attached hydrogen (secondary N) is 3. The summed E-state index contributed by atoms with van der Waals surface area (Å²) < 4.78 is 24.6. The van der Waals surface area contributed by atoms with Gasteiger partial charge in [0.2, 0.25) is 29.5 Å². The molecule has 2 saturated heterocycles. The molecule has 9 rings (SSSR count). The van der Waals surface area contributed by atoms with Gasteiger partial charge in [0.15, 0.2) is 5.78 Å². The zero-order chi connectivity index (χ0) is 56.0. The average Bonchev–Trinajstić information content (AvgIpc) is 4.40. The number of likely N-dealkylation sites (N-methyl/N-ethyl adjacent to an activating group) is 1. The van der Waals surface area contributed by atoms with E-state index in [9.17, 15) is 28.8 Å². The molecule has 2 atom stereocenters. The Hall–Kier alpha value is -6.72. The van der Waals surface area contributed by atoms with E-state index in [1.54, 1.807) is 60.6 Å². The van der Waals surface area contributed by atoms with Gasteiger partial charge in [0.1, 0.15) is 40.6 Å². The number of piperazine rings is 1. The maximum Gasteiger partial charge on any atom is 0.263 e. The van der Waals surface area contributed by atoms with Crippen molar-refractivity contribution in [2.24, 2.45) is 5.92 Å². The molecular formula is C58H75N11O10S. The van der Waals surface area contributed by atoms with E-state index in [4.69, 9.17) is 28.9 Å². The summed E-state index contributed by atoms with van der Waals surface area (Å²) in [5, 5.41) is 12.3. The van der Waals surface area contributed by atoms with Crippen LogP contribution in [0.5, 0.6) is 5.75 Å². The molecule has 4 aromatic heterocycles. The number of hydrogen-bond donors (Lipinski definition) is 3. The molecule has 0 unspecified atom stereocenters. The lowest BCUT2D eigenvalue weighted by molar-refractivity contribution is -0.139. The Balaban J connectivity index is 0.626. The SMILES string of the molecule is CNCC(=O)N[C@H](C(=O)N1CCC[C@H]1c1nc(C(=O)c2cccc(OCCOCCOCCOCCC(=O)N3CCN(c4ccc(Nc5ncc6c(C)c(C(C)=O)c(=O)n(C7CCCC7)c6n5)nc4)CC3)c2)cs1)C1CCCCC1. The Morgan fingerprint density at radius 1 is 0.787 bits per heavy atom. The van der Waals surface area contributed by atoms with Gasteiger partial charge in [0.25, 0.3) is 5.56 Å². The van der Waals surface area contributed by atoms with Crippen LogP contribution in [-0.4, -0.2) is 162 Å². The number of benzene rings is 1. The molecule has 4 fully saturated rings. The molecule has 3 amide bonds. The van der Waals surface area contributed by atoms with Gasteiger partial charge in [-0.25, -0.2) is 15.0 Å². The van der Waals surface area contributed by atoms with Gasteiger partial charge < -0.3 is 49.6 Å². The first kappa shape index (κ1) is 58.0. The highest BCUT2D eigenvalue weighted by Crippen LogP contribution is 2.37. The monoisotopic (exact) mass is 1120 g/mol. The zero-order valence-corrected chi connectivity index (χ0v) is 47.1. The number of carbonyl (C=O) groups excluding carboxylic acids is 5. The first-order valence-electron chi connectivity index (χ1n) is 28.4. The number of aromatic nitrogens is 5. The molecule has 2 saturated carbocycles. The molecule has 2 aliphatic heterocycles. The molecule has 3 N–H and O–H groups in total. The number of likely N-dealkylation sites (tertiary alicyclic amines) is 1. The van der Waals surface area contributed by atoms with Crippen molar-refractivity contribution in [3.63, 3.8) is 0 Å². The summed E-state index contributed by atoms with van der Waals surface area (Å²) in [6.45, 7) is 8.79. The quantitative estimate of drug-likeness (QED) is 0.0403. The van der Waals surface area contributed by atoms with E-state index in [2.05, 4.69) is 30.8 Å². The lowest BCUT2D eigenvalue weighted by Crippen LogP contribution is -2.53. The Morgan fingerprint density at radius 2 is 1.51 bits per heavy atom. The van der Waals surface area contributed by atoms with Crippen molar-refractivity contribution in [1.82, 2.24) is 44.9 Å². The maximum atomic E-state index is 14.1. The third kappa shape index (κ3) is 14.4. The number of pyridine rings is 2.